The topological polar surface area (TPSA) is 21.3 Å². The highest BCUT2D eigenvalue weighted by Crippen LogP contribution is 2.34. The second kappa shape index (κ2) is 8.92. The molecule has 0 heterocycles. The fourth-order valence-corrected chi connectivity index (χ4v) is 3.37. The molecule has 0 aromatic rings. The Balaban J connectivity index is 2.43. The van der Waals surface area contributed by atoms with E-state index in [2.05, 4.69) is 26.1 Å². The van der Waals surface area contributed by atoms with E-state index < -0.39 is 0 Å². The Morgan fingerprint density at radius 3 is 2.61 bits per heavy atom. The van der Waals surface area contributed by atoms with Crippen LogP contribution in [0.1, 0.15) is 65.7 Å². The van der Waals surface area contributed by atoms with Crippen LogP contribution in [0.4, 0.5) is 0 Å². The molecule has 1 saturated carbocycles. The second-order valence-corrected chi connectivity index (χ2v) is 5.99. The molecular weight excluding hydrogens is 222 g/mol. The SMILES string of the molecule is CCNC(CCC(C)OC)C1CCCC(CC)C1. The molecule has 1 fully saturated rings. The van der Waals surface area contributed by atoms with Gasteiger partial charge in [0.2, 0.25) is 0 Å². The Bertz CT molecular complexity index is 207. The summed E-state index contributed by atoms with van der Waals surface area (Å²) < 4.78 is 5.38. The Morgan fingerprint density at radius 1 is 1.22 bits per heavy atom. The molecule has 0 aromatic carbocycles. The lowest BCUT2D eigenvalue weighted by molar-refractivity contribution is 0.0993. The van der Waals surface area contributed by atoms with Crippen molar-refractivity contribution in [1.82, 2.24) is 5.32 Å². The Kier molecular flexibility index (Phi) is 7.92. The molecule has 1 aliphatic rings. The first kappa shape index (κ1) is 16.0. The maximum atomic E-state index is 5.38. The number of methoxy groups -OCH3 is 1. The van der Waals surface area contributed by atoms with Gasteiger partial charge in [-0.2, -0.15) is 0 Å². The summed E-state index contributed by atoms with van der Waals surface area (Å²) in [6, 6.07) is 0.710. The summed E-state index contributed by atoms with van der Waals surface area (Å²) in [7, 11) is 1.82. The summed E-state index contributed by atoms with van der Waals surface area (Å²) in [5, 5.41) is 3.72. The Hall–Kier alpha value is -0.0800. The van der Waals surface area contributed by atoms with Gasteiger partial charge >= 0.3 is 0 Å². The molecule has 1 aliphatic carbocycles. The summed E-state index contributed by atoms with van der Waals surface area (Å²) in [6.07, 6.45) is 9.97. The predicted octanol–water partition coefficient (Wildman–Crippen LogP) is 4.00. The maximum Gasteiger partial charge on any atom is 0.0543 e. The number of hydrogen-bond acceptors (Lipinski definition) is 2. The highest BCUT2D eigenvalue weighted by molar-refractivity contribution is 4.82. The van der Waals surface area contributed by atoms with Crippen molar-refractivity contribution in [2.75, 3.05) is 13.7 Å². The van der Waals surface area contributed by atoms with E-state index >= 15 is 0 Å². The fraction of sp³-hybridized carbons (Fsp3) is 1.00. The number of hydrogen-bond donors (Lipinski definition) is 1. The van der Waals surface area contributed by atoms with Gasteiger partial charge < -0.3 is 10.1 Å². The van der Waals surface area contributed by atoms with E-state index in [4.69, 9.17) is 4.74 Å². The summed E-state index contributed by atoms with van der Waals surface area (Å²) in [4.78, 5) is 0. The van der Waals surface area contributed by atoms with Gasteiger partial charge in [-0.1, -0.05) is 33.1 Å². The van der Waals surface area contributed by atoms with Crippen LogP contribution in [0.5, 0.6) is 0 Å². The van der Waals surface area contributed by atoms with Crippen molar-refractivity contribution in [1.29, 1.82) is 0 Å². The zero-order valence-electron chi connectivity index (χ0n) is 12.9. The zero-order valence-corrected chi connectivity index (χ0v) is 12.9. The molecule has 0 radical (unpaired) electrons. The third kappa shape index (κ3) is 5.27. The predicted molar refractivity (Wildman–Crippen MR) is 78.9 cm³/mol. The Labute approximate surface area is 114 Å². The molecule has 2 nitrogen and oxygen atoms in total. The number of nitrogens with one attached hydrogen (secondary N) is 1. The highest BCUT2D eigenvalue weighted by atomic mass is 16.5. The normalized spacial score (nSPS) is 28.0. The zero-order chi connectivity index (χ0) is 13.4. The lowest BCUT2D eigenvalue weighted by Gasteiger charge is -2.35. The van der Waals surface area contributed by atoms with Crippen molar-refractivity contribution < 1.29 is 4.74 Å². The second-order valence-electron chi connectivity index (χ2n) is 5.99. The van der Waals surface area contributed by atoms with Gasteiger partial charge in [0, 0.05) is 13.2 Å². The van der Waals surface area contributed by atoms with E-state index in [-0.39, 0.29) is 0 Å². The van der Waals surface area contributed by atoms with Crippen molar-refractivity contribution >= 4 is 0 Å². The minimum Gasteiger partial charge on any atom is -0.382 e. The average molecular weight is 255 g/mol. The summed E-state index contributed by atoms with van der Waals surface area (Å²) >= 11 is 0. The van der Waals surface area contributed by atoms with Gasteiger partial charge in [0.1, 0.15) is 0 Å². The van der Waals surface area contributed by atoms with Crippen molar-refractivity contribution in [2.45, 2.75) is 77.9 Å². The van der Waals surface area contributed by atoms with Crippen LogP contribution in [0.25, 0.3) is 0 Å². The average Bonchev–Trinajstić information content (AvgIpc) is 2.43. The molecule has 0 saturated heterocycles. The quantitative estimate of drug-likeness (QED) is 0.708. The number of rotatable bonds is 8. The van der Waals surface area contributed by atoms with Gasteiger partial charge in [0.15, 0.2) is 0 Å². The van der Waals surface area contributed by atoms with Gasteiger partial charge in [0.05, 0.1) is 6.10 Å². The van der Waals surface area contributed by atoms with Crippen LogP contribution >= 0.6 is 0 Å². The largest absolute Gasteiger partial charge is 0.382 e. The van der Waals surface area contributed by atoms with Crippen molar-refractivity contribution in [3.8, 4) is 0 Å². The molecule has 0 amide bonds. The van der Waals surface area contributed by atoms with Crippen LogP contribution in [0.15, 0.2) is 0 Å². The summed E-state index contributed by atoms with van der Waals surface area (Å²) in [6.45, 7) is 7.85. The summed E-state index contributed by atoms with van der Waals surface area (Å²) in [5.41, 5.74) is 0. The van der Waals surface area contributed by atoms with E-state index in [0.29, 0.717) is 12.1 Å². The molecule has 0 aromatic heterocycles. The molecule has 18 heavy (non-hydrogen) atoms. The molecule has 0 bridgehead atoms. The fourth-order valence-electron chi connectivity index (χ4n) is 3.37. The first-order valence-corrected chi connectivity index (χ1v) is 7.97. The molecule has 0 aliphatic heterocycles. The molecule has 4 atom stereocenters. The molecule has 1 rings (SSSR count). The van der Waals surface area contributed by atoms with Crippen molar-refractivity contribution in [3.63, 3.8) is 0 Å². The highest BCUT2D eigenvalue weighted by Gasteiger charge is 2.27. The van der Waals surface area contributed by atoms with Crippen LogP contribution in [-0.2, 0) is 4.74 Å². The van der Waals surface area contributed by atoms with Crippen LogP contribution in [0.3, 0.4) is 0 Å². The van der Waals surface area contributed by atoms with Gasteiger partial charge in [-0.15, -0.1) is 0 Å². The molecule has 0 spiro atoms. The van der Waals surface area contributed by atoms with Crippen LogP contribution in [0.2, 0.25) is 0 Å². The molecular formula is C16H33NO. The minimum absolute atomic E-state index is 0.400. The van der Waals surface area contributed by atoms with E-state index in [0.717, 1.165) is 18.4 Å². The van der Waals surface area contributed by atoms with E-state index in [1.807, 2.05) is 7.11 Å². The molecule has 4 unspecified atom stereocenters. The molecule has 1 N–H and O–H groups in total. The lowest BCUT2D eigenvalue weighted by atomic mass is 9.75. The van der Waals surface area contributed by atoms with Crippen LogP contribution < -0.4 is 5.32 Å². The van der Waals surface area contributed by atoms with E-state index in [1.54, 1.807) is 0 Å². The minimum atomic E-state index is 0.400. The summed E-state index contributed by atoms with van der Waals surface area (Å²) in [5.74, 6) is 1.87. The van der Waals surface area contributed by atoms with Gasteiger partial charge in [-0.05, 0) is 51.0 Å². The molecule has 108 valence electrons. The van der Waals surface area contributed by atoms with Crippen molar-refractivity contribution in [3.05, 3.63) is 0 Å². The molecule has 2 heteroatoms. The monoisotopic (exact) mass is 255 g/mol. The third-order valence-electron chi connectivity index (χ3n) is 4.72. The van der Waals surface area contributed by atoms with Crippen molar-refractivity contribution in [2.24, 2.45) is 11.8 Å². The standard InChI is InChI=1S/C16H33NO/c1-5-14-8-7-9-15(12-14)16(17-6-2)11-10-13(3)18-4/h13-17H,5-12H2,1-4H3. The van der Waals surface area contributed by atoms with Crippen LogP contribution in [-0.4, -0.2) is 25.8 Å². The smallest absolute Gasteiger partial charge is 0.0543 e. The first-order chi connectivity index (χ1) is 8.71. The van der Waals surface area contributed by atoms with E-state index in [1.165, 1.54) is 44.9 Å². The number of ether oxygens (including phenoxy) is 1. The maximum absolute atomic E-state index is 5.38. The van der Waals surface area contributed by atoms with Gasteiger partial charge in [-0.25, -0.2) is 0 Å². The van der Waals surface area contributed by atoms with Crippen LogP contribution in [0, 0.1) is 11.8 Å². The van der Waals surface area contributed by atoms with Gasteiger partial charge in [0.25, 0.3) is 0 Å². The lowest BCUT2D eigenvalue weighted by Crippen LogP contribution is -2.39. The first-order valence-electron chi connectivity index (χ1n) is 7.97. The third-order valence-corrected chi connectivity index (χ3v) is 4.72. The van der Waals surface area contributed by atoms with E-state index in [9.17, 15) is 0 Å². The Morgan fingerprint density at radius 2 is 2.00 bits per heavy atom. The van der Waals surface area contributed by atoms with Gasteiger partial charge in [-0.3, -0.25) is 0 Å².